The van der Waals surface area contributed by atoms with Gasteiger partial charge in [-0.05, 0) is 19.8 Å². The van der Waals surface area contributed by atoms with Gasteiger partial charge in [-0.15, -0.1) is 0 Å². The number of fused-ring (bicyclic) bond motifs is 1. The van der Waals surface area contributed by atoms with Gasteiger partial charge in [-0.1, -0.05) is 13.8 Å². The molecule has 2 aromatic heterocycles. The molecule has 2 rings (SSSR count). The number of hydrogen-bond acceptors (Lipinski definition) is 3. The highest BCUT2D eigenvalue weighted by atomic mass is 15.3. The van der Waals surface area contributed by atoms with E-state index < -0.39 is 0 Å². The van der Waals surface area contributed by atoms with Gasteiger partial charge in [0.15, 0.2) is 0 Å². The molecule has 86 valence electrons. The van der Waals surface area contributed by atoms with Crippen molar-refractivity contribution in [3.05, 3.63) is 17.1 Å². The van der Waals surface area contributed by atoms with Crippen molar-refractivity contribution in [3.8, 4) is 0 Å². The molecule has 0 saturated heterocycles. The Bertz CT molecular complexity index is 552. The molecule has 0 radical (unpaired) electrons. The van der Waals surface area contributed by atoms with Crippen LogP contribution >= 0.6 is 0 Å². The number of rotatable bonds is 1. The van der Waals surface area contributed by atoms with E-state index in [4.69, 9.17) is 5.73 Å². The van der Waals surface area contributed by atoms with E-state index in [9.17, 15) is 0 Å². The van der Waals surface area contributed by atoms with Gasteiger partial charge < -0.3 is 5.73 Å². The quantitative estimate of drug-likeness (QED) is 0.799. The van der Waals surface area contributed by atoms with Gasteiger partial charge in [0.1, 0.15) is 0 Å². The second kappa shape index (κ2) is 3.47. The zero-order valence-electron chi connectivity index (χ0n) is 10.5. The maximum absolute atomic E-state index is 6.08. The molecular formula is C12H18N4. The van der Waals surface area contributed by atoms with E-state index in [1.165, 1.54) is 0 Å². The summed E-state index contributed by atoms with van der Waals surface area (Å²) in [6, 6.07) is 0. The lowest BCUT2D eigenvalue weighted by Crippen LogP contribution is -2.00. The molecule has 0 saturated carbocycles. The summed E-state index contributed by atoms with van der Waals surface area (Å²) in [7, 11) is 1.93. The van der Waals surface area contributed by atoms with Crippen LogP contribution in [0.2, 0.25) is 0 Å². The summed E-state index contributed by atoms with van der Waals surface area (Å²) < 4.78 is 1.86. The number of hydrogen-bond donors (Lipinski definition) is 1. The van der Waals surface area contributed by atoms with Crippen LogP contribution in [0.4, 0.5) is 5.69 Å². The first-order valence-corrected chi connectivity index (χ1v) is 5.52. The molecule has 0 aliphatic rings. The largest absolute Gasteiger partial charge is 0.395 e. The zero-order valence-corrected chi connectivity index (χ0v) is 10.5. The van der Waals surface area contributed by atoms with E-state index in [2.05, 4.69) is 23.9 Å². The third kappa shape index (κ3) is 1.37. The number of nitrogens with two attached hydrogens (primary N) is 1. The number of nitrogen functional groups attached to an aromatic ring is 1. The Balaban J connectivity index is 2.96. The minimum atomic E-state index is 0.381. The summed E-state index contributed by atoms with van der Waals surface area (Å²) in [6.07, 6.45) is 0. The van der Waals surface area contributed by atoms with Crippen molar-refractivity contribution >= 4 is 16.6 Å². The van der Waals surface area contributed by atoms with Crippen molar-refractivity contribution in [2.45, 2.75) is 33.6 Å². The summed E-state index contributed by atoms with van der Waals surface area (Å²) in [4.78, 5) is 4.48. The average molecular weight is 218 g/mol. The van der Waals surface area contributed by atoms with Gasteiger partial charge in [0, 0.05) is 18.1 Å². The molecule has 0 bridgehead atoms. The minimum Gasteiger partial charge on any atom is -0.395 e. The lowest BCUT2D eigenvalue weighted by Gasteiger charge is -2.06. The number of anilines is 1. The second-order valence-corrected chi connectivity index (χ2v) is 4.58. The molecule has 0 aromatic carbocycles. The smallest absolute Gasteiger partial charge is 0.0948 e. The van der Waals surface area contributed by atoms with Crippen LogP contribution in [0, 0.1) is 13.8 Å². The molecule has 0 fully saturated rings. The zero-order chi connectivity index (χ0) is 12.0. The van der Waals surface area contributed by atoms with Crippen molar-refractivity contribution in [1.82, 2.24) is 14.8 Å². The third-order valence-electron chi connectivity index (χ3n) is 2.96. The summed E-state index contributed by atoms with van der Waals surface area (Å²) in [5.41, 5.74) is 10.8. The fraction of sp³-hybridized carbons (Fsp3) is 0.500. The van der Waals surface area contributed by atoms with Crippen LogP contribution in [0.25, 0.3) is 10.9 Å². The Morgan fingerprint density at radius 3 is 2.38 bits per heavy atom. The summed E-state index contributed by atoms with van der Waals surface area (Å²) in [5, 5.41) is 5.66. The molecule has 0 spiro atoms. The van der Waals surface area contributed by atoms with Crippen molar-refractivity contribution in [3.63, 3.8) is 0 Å². The average Bonchev–Trinajstić information content (AvgIpc) is 2.53. The molecule has 2 aromatic rings. The molecule has 0 aliphatic carbocycles. The van der Waals surface area contributed by atoms with Gasteiger partial charge in [0.05, 0.1) is 22.6 Å². The molecule has 4 heteroatoms. The molecule has 0 atom stereocenters. The van der Waals surface area contributed by atoms with Crippen LogP contribution in [0.3, 0.4) is 0 Å². The molecule has 0 unspecified atom stereocenters. The maximum atomic E-state index is 6.08. The molecule has 2 heterocycles. The summed E-state index contributed by atoms with van der Waals surface area (Å²) in [5.74, 6) is 0.381. The highest BCUT2D eigenvalue weighted by molar-refractivity contribution is 5.94. The van der Waals surface area contributed by atoms with Crippen LogP contribution in [-0.2, 0) is 7.05 Å². The predicted octanol–water partition coefficient (Wildman–Crippen LogP) is 2.29. The highest BCUT2D eigenvalue weighted by Crippen LogP contribution is 2.31. The standard InChI is InChI=1S/C12H18N4/c1-6(2)11-9-7(3)14-8(4)10(13)12(9)16(5)15-11/h6H,13H2,1-5H3. The summed E-state index contributed by atoms with van der Waals surface area (Å²) in [6.45, 7) is 8.22. The van der Waals surface area contributed by atoms with E-state index in [0.717, 1.165) is 33.7 Å². The lowest BCUT2D eigenvalue weighted by atomic mass is 10.0. The lowest BCUT2D eigenvalue weighted by molar-refractivity contribution is 0.729. The van der Waals surface area contributed by atoms with Gasteiger partial charge in [-0.25, -0.2) is 0 Å². The monoisotopic (exact) mass is 218 g/mol. The van der Waals surface area contributed by atoms with Crippen LogP contribution in [0.1, 0.15) is 36.8 Å². The fourth-order valence-electron chi connectivity index (χ4n) is 2.15. The first-order chi connectivity index (χ1) is 7.43. The van der Waals surface area contributed by atoms with Gasteiger partial charge in [0.2, 0.25) is 0 Å². The number of pyridine rings is 1. The van der Waals surface area contributed by atoms with E-state index in [1.54, 1.807) is 0 Å². The molecular weight excluding hydrogens is 200 g/mol. The second-order valence-electron chi connectivity index (χ2n) is 4.58. The van der Waals surface area contributed by atoms with E-state index >= 15 is 0 Å². The first-order valence-electron chi connectivity index (χ1n) is 5.52. The van der Waals surface area contributed by atoms with Gasteiger partial charge in [0.25, 0.3) is 0 Å². The van der Waals surface area contributed by atoms with Crippen LogP contribution in [0.5, 0.6) is 0 Å². The van der Waals surface area contributed by atoms with E-state index in [-0.39, 0.29) is 0 Å². The molecule has 0 amide bonds. The summed E-state index contributed by atoms with van der Waals surface area (Å²) >= 11 is 0. The van der Waals surface area contributed by atoms with E-state index in [1.807, 2.05) is 25.6 Å². The van der Waals surface area contributed by atoms with Crippen LogP contribution in [0.15, 0.2) is 0 Å². The van der Waals surface area contributed by atoms with Gasteiger partial charge in [-0.2, -0.15) is 5.10 Å². The third-order valence-corrected chi connectivity index (χ3v) is 2.96. The minimum absolute atomic E-state index is 0.381. The molecule has 16 heavy (non-hydrogen) atoms. The SMILES string of the molecule is Cc1nc(C)c2c(C(C)C)nn(C)c2c1N. The first kappa shape index (κ1) is 10.9. The predicted molar refractivity (Wildman–Crippen MR) is 66.5 cm³/mol. The van der Waals surface area contributed by atoms with Crippen molar-refractivity contribution < 1.29 is 0 Å². The molecule has 2 N–H and O–H groups in total. The molecule has 4 nitrogen and oxygen atoms in total. The van der Waals surface area contributed by atoms with Gasteiger partial charge >= 0.3 is 0 Å². The Kier molecular flexibility index (Phi) is 2.37. The fourth-order valence-corrected chi connectivity index (χ4v) is 2.15. The Morgan fingerprint density at radius 2 is 1.81 bits per heavy atom. The topological polar surface area (TPSA) is 56.7 Å². The van der Waals surface area contributed by atoms with Crippen molar-refractivity contribution in [1.29, 1.82) is 0 Å². The van der Waals surface area contributed by atoms with E-state index in [0.29, 0.717) is 5.92 Å². The maximum Gasteiger partial charge on any atom is 0.0948 e. The van der Waals surface area contributed by atoms with Crippen LogP contribution < -0.4 is 5.73 Å². The van der Waals surface area contributed by atoms with Crippen LogP contribution in [-0.4, -0.2) is 14.8 Å². The number of aryl methyl sites for hydroxylation is 3. The number of nitrogens with zero attached hydrogens (tertiary/aromatic N) is 3. The Morgan fingerprint density at radius 1 is 1.19 bits per heavy atom. The Hall–Kier alpha value is -1.58. The molecule has 0 aliphatic heterocycles. The van der Waals surface area contributed by atoms with Crippen molar-refractivity contribution in [2.75, 3.05) is 5.73 Å². The highest BCUT2D eigenvalue weighted by Gasteiger charge is 2.18. The van der Waals surface area contributed by atoms with Crippen molar-refractivity contribution in [2.24, 2.45) is 7.05 Å². The normalized spacial score (nSPS) is 11.6. The number of aromatic nitrogens is 3. The van der Waals surface area contributed by atoms with Gasteiger partial charge in [-0.3, -0.25) is 9.67 Å². The Labute approximate surface area is 95.5 Å².